The molecule has 1 atom stereocenters. The van der Waals surface area contributed by atoms with Crippen molar-refractivity contribution >= 4 is 5.69 Å². The van der Waals surface area contributed by atoms with Crippen LogP contribution in [0.15, 0.2) is 18.2 Å². The first-order chi connectivity index (χ1) is 10.6. The molecule has 9 heteroatoms. The highest BCUT2D eigenvalue weighted by Crippen LogP contribution is 2.47. The molecule has 0 radical (unpaired) electrons. The Hall–Kier alpha value is -1.61. The van der Waals surface area contributed by atoms with E-state index in [9.17, 15) is 27.1 Å². The van der Waals surface area contributed by atoms with E-state index in [0.29, 0.717) is 19.2 Å². The monoisotopic (exact) mass is 340 g/mol. The second kappa shape index (κ2) is 6.48. The summed E-state index contributed by atoms with van der Waals surface area (Å²) in [6.07, 6.45) is -5.07. The van der Waals surface area contributed by atoms with Gasteiger partial charge in [0.2, 0.25) is 0 Å². The van der Waals surface area contributed by atoms with Crippen LogP contribution in [0.4, 0.5) is 27.6 Å². The number of halogens is 5. The summed E-state index contributed by atoms with van der Waals surface area (Å²) in [5, 5.41) is 9.89. The first kappa shape index (κ1) is 17.7. The van der Waals surface area contributed by atoms with Crippen molar-refractivity contribution in [2.45, 2.75) is 31.2 Å². The molecule has 3 N–H and O–H groups in total. The van der Waals surface area contributed by atoms with Crippen molar-refractivity contribution < 1.29 is 31.8 Å². The molecule has 0 spiro atoms. The summed E-state index contributed by atoms with van der Waals surface area (Å²) in [4.78, 5) is 1.66. The van der Waals surface area contributed by atoms with Gasteiger partial charge >= 0.3 is 12.1 Å². The fourth-order valence-electron chi connectivity index (χ4n) is 2.38. The standard InChI is InChI=1S/C14H17F5N2O2/c15-13(16,14(17,18)19)10-4-3-9(20)7-11(10)23-8-12(22)21-5-1-2-6-21/h3-4,7,12,22H,1-2,5-6,8,20H2. The molecule has 1 aromatic carbocycles. The van der Waals surface area contributed by atoms with E-state index in [4.69, 9.17) is 10.5 Å². The van der Waals surface area contributed by atoms with Crippen molar-refractivity contribution in [1.29, 1.82) is 0 Å². The van der Waals surface area contributed by atoms with Gasteiger partial charge < -0.3 is 15.6 Å². The lowest BCUT2D eigenvalue weighted by Gasteiger charge is -2.25. The summed E-state index contributed by atoms with van der Waals surface area (Å²) in [6, 6.07) is 2.42. The van der Waals surface area contributed by atoms with E-state index in [1.165, 1.54) is 0 Å². The summed E-state index contributed by atoms with van der Waals surface area (Å²) in [7, 11) is 0. The summed E-state index contributed by atoms with van der Waals surface area (Å²) >= 11 is 0. The van der Waals surface area contributed by atoms with Gasteiger partial charge in [-0.25, -0.2) is 0 Å². The van der Waals surface area contributed by atoms with Crippen LogP contribution in [0.1, 0.15) is 18.4 Å². The highest BCUT2D eigenvalue weighted by molar-refractivity contribution is 5.50. The molecule has 1 saturated heterocycles. The summed E-state index contributed by atoms with van der Waals surface area (Å²) < 4.78 is 69.8. The molecule has 1 unspecified atom stereocenters. The third kappa shape index (κ3) is 3.84. The Kier molecular flexibility index (Phi) is 5.00. The molecule has 0 amide bonds. The van der Waals surface area contributed by atoms with E-state index < -0.39 is 36.2 Å². The molecule has 1 aliphatic rings. The number of nitrogens with zero attached hydrogens (tertiary/aromatic N) is 1. The number of aliphatic hydroxyl groups is 1. The summed E-state index contributed by atoms with van der Waals surface area (Å²) in [5.41, 5.74) is 4.09. The van der Waals surface area contributed by atoms with Gasteiger partial charge in [-0.2, -0.15) is 22.0 Å². The Morgan fingerprint density at radius 1 is 1.17 bits per heavy atom. The average Bonchev–Trinajstić information content (AvgIpc) is 2.97. The number of hydrogen-bond donors (Lipinski definition) is 2. The van der Waals surface area contributed by atoms with Crippen LogP contribution >= 0.6 is 0 Å². The first-order valence-corrected chi connectivity index (χ1v) is 7.02. The fraction of sp³-hybridized carbons (Fsp3) is 0.571. The lowest BCUT2D eigenvalue weighted by molar-refractivity contribution is -0.289. The number of nitrogen functional groups attached to an aromatic ring is 1. The Morgan fingerprint density at radius 2 is 1.78 bits per heavy atom. The van der Waals surface area contributed by atoms with E-state index in [1.807, 2.05) is 0 Å². The molecule has 0 saturated carbocycles. The van der Waals surface area contributed by atoms with Crippen LogP contribution in [0.2, 0.25) is 0 Å². The highest BCUT2D eigenvalue weighted by Gasteiger charge is 2.60. The van der Waals surface area contributed by atoms with Crippen LogP contribution in [0.25, 0.3) is 0 Å². The minimum absolute atomic E-state index is 0.0163. The molecular weight excluding hydrogens is 323 g/mol. The predicted octanol–water partition coefficient (Wildman–Crippen LogP) is 2.72. The molecule has 4 nitrogen and oxygen atoms in total. The second-order valence-electron chi connectivity index (χ2n) is 5.36. The molecule has 1 aliphatic heterocycles. The molecule has 1 heterocycles. The van der Waals surface area contributed by atoms with E-state index in [2.05, 4.69) is 0 Å². The third-order valence-corrected chi connectivity index (χ3v) is 3.65. The maximum Gasteiger partial charge on any atom is 0.458 e. The van der Waals surface area contributed by atoms with E-state index >= 15 is 0 Å². The van der Waals surface area contributed by atoms with Crippen molar-refractivity contribution in [3.05, 3.63) is 23.8 Å². The quantitative estimate of drug-likeness (QED) is 0.639. The van der Waals surface area contributed by atoms with E-state index in [-0.39, 0.29) is 5.69 Å². The molecular formula is C14H17F5N2O2. The van der Waals surface area contributed by atoms with Crippen LogP contribution in [-0.2, 0) is 5.92 Å². The number of ether oxygens (including phenoxy) is 1. The zero-order valence-corrected chi connectivity index (χ0v) is 12.1. The van der Waals surface area contributed by atoms with Crippen molar-refractivity contribution in [2.75, 3.05) is 25.4 Å². The smallest absolute Gasteiger partial charge is 0.458 e. The van der Waals surface area contributed by atoms with Crippen molar-refractivity contribution in [2.24, 2.45) is 0 Å². The van der Waals surface area contributed by atoms with Crippen LogP contribution in [0.5, 0.6) is 5.75 Å². The van der Waals surface area contributed by atoms with Gasteiger partial charge in [-0.05, 0) is 25.0 Å². The number of anilines is 1. The zero-order chi connectivity index (χ0) is 17.3. The normalized spacial score (nSPS) is 18.2. The van der Waals surface area contributed by atoms with Gasteiger partial charge in [0.15, 0.2) is 0 Å². The number of likely N-dealkylation sites (tertiary alicyclic amines) is 1. The van der Waals surface area contributed by atoms with E-state index in [1.54, 1.807) is 4.90 Å². The van der Waals surface area contributed by atoms with Crippen molar-refractivity contribution in [3.63, 3.8) is 0 Å². The first-order valence-electron chi connectivity index (χ1n) is 7.02. The fourth-order valence-corrected chi connectivity index (χ4v) is 2.38. The number of aliphatic hydroxyl groups excluding tert-OH is 1. The zero-order valence-electron chi connectivity index (χ0n) is 12.1. The van der Waals surface area contributed by atoms with Gasteiger partial charge in [0, 0.05) is 24.8 Å². The average molecular weight is 340 g/mol. The molecule has 0 aliphatic carbocycles. The molecule has 0 bridgehead atoms. The van der Waals surface area contributed by atoms with Gasteiger partial charge in [0.1, 0.15) is 18.6 Å². The Balaban J connectivity index is 2.19. The van der Waals surface area contributed by atoms with Crippen LogP contribution in [0.3, 0.4) is 0 Å². The summed E-state index contributed by atoms with van der Waals surface area (Å²) in [6.45, 7) is 0.810. The van der Waals surface area contributed by atoms with E-state index in [0.717, 1.165) is 25.0 Å². The molecule has 2 rings (SSSR count). The number of benzene rings is 1. The molecule has 1 aromatic rings. The van der Waals surface area contributed by atoms with Crippen molar-refractivity contribution in [1.82, 2.24) is 4.90 Å². The lowest BCUT2D eigenvalue weighted by atomic mass is 10.1. The number of hydrogen-bond acceptors (Lipinski definition) is 4. The second-order valence-corrected chi connectivity index (χ2v) is 5.36. The van der Waals surface area contributed by atoms with Gasteiger partial charge in [-0.1, -0.05) is 0 Å². The highest BCUT2D eigenvalue weighted by atomic mass is 19.4. The number of alkyl halides is 5. The Morgan fingerprint density at radius 3 is 2.35 bits per heavy atom. The largest absolute Gasteiger partial charge is 0.489 e. The number of rotatable bonds is 5. The van der Waals surface area contributed by atoms with Crippen molar-refractivity contribution in [3.8, 4) is 5.75 Å². The van der Waals surface area contributed by atoms with Crippen LogP contribution in [-0.4, -0.2) is 42.1 Å². The molecule has 1 fully saturated rings. The molecule has 130 valence electrons. The van der Waals surface area contributed by atoms with Gasteiger partial charge in [0.25, 0.3) is 0 Å². The number of nitrogens with two attached hydrogens (primary N) is 1. The summed E-state index contributed by atoms with van der Waals surface area (Å²) in [5.74, 6) is -5.76. The lowest BCUT2D eigenvalue weighted by Crippen LogP contribution is -2.38. The maximum absolute atomic E-state index is 13.6. The minimum atomic E-state index is -5.76. The third-order valence-electron chi connectivity index (χ3n) is 3.65. The van der Waals surface area contributed by atoms with Gasteiger partial charge in [-0.3, -0.25) is 4.90 Å². The maximum atomic E-state index is 13.6. The molecule has 23 heavy (non-hydrogen) atoms. The molecule has 0 aromatic heterocycles. The SMILES string of the molecule is Nc1ccc(C(F)(F)C(F)(F)F)c(OCC(O)N2CCCC2)c1. The van der Waals surface area contributed by atoms with Crippen LogP contribution < -0.4 is 10.5 Å². The van der Waals surface area contributed by atoms with Crippen LogP contribution in [0, 0.1) is 0 Å². The Bertz CT molecular complexity index is 544. The predicted molar refractivity (Wildman–Crippen MR) is 73.1 cm³/mol. The topological polar surface area (TPSA) is 58.7 Å². The Labute approximate surface area is 129 Å². The van der Waals surface area contributed by atoms with Gasteiger partial charge in [-0.15, -0.1) is 0 Å². The van der Waals surface area contributed by atoms with Gasteiger partial charge in [0.05, 0.1) is 5.56 Å². The minimum Gasteiger partial charge on any atom is -0.489 e.